The second-order valence-electron chi connectivity index (χ2n) is 3.21. The van der Waals surface area contributed by atoms with Crippen molar-refractivity contribution in [3.8, 4) is 0 Å². The molecule has 0 bridgehead atoms. The van der Waals surface area contributed by atoms with Crippen LogP contribution in [0.5, 0.6) is 0 Å². The summed E-state index contributed by atoms with van der Waals surface area (Å²) in [5, 5.41) is 2.44. The van der Waals surface area contributed by atoms with Crippen LogP contribution in [0.1, 0.15) is 10.4 Å². The van der Waals surface area contributed by atoms with Crippen LogP contribution in [-0.2, 0) is 4.74 Å². The third-order valence-corrected chi connectivity index (χ3v) is 2.04. The zero-order valence-electron chi connectivity index (χ0n) is 9.22. The Morgan fingerprint density at radius 1 is 1.41 bits per heavy atom. The minimum atomic E-state index is -0.926. The number of benzene rings is 1. The van der Waals surface area contributed by atoms with E-state index in [1.807, 2.05) is 5.43 Å². The second-order valence-corrected chi connectivity index (χ2v) is 3.21. The maximum absolute atomic E-state index is 13.3. The number of halogens is 2. The summed E-state index contributed by atoms with van der Waals surface area (Å²) in [4.78, 5) is 11.5. The molecule has 4 N–H and O–H groups in total. The first-order valence-electron chi connectivity index (χ1n) is 4.83. The summed E-state index contributed by atoms with van der Waals surface area (Å²) in [7, 11) is 1.48. The lowest BCUT2D eigenvalue weighted by Crippen LogP contribution is -2.27. The van der Waals surface area contributed by atoms with Crippen LogP contribution < -0.4 is 16.6 Å². The Bertz CT molecular complexity index is 390. The third kappa shape index (κ3) is 3.36. The van der Waals surface area contributed by atoms with Crippen LogP contribution in [0.4, 0.5) is 14.5 Å². The van der Waals surface area contributed by atoms with E-state index in [9.17, 15) is 13.6 Å². The molecule has 0 aliphatic carbocycles. The van der Waals surface area contributed by atoms with Gasteiger partial charge < -0.3 is 15.5 Å². The van der Waals surface area contributed by atoms with Crippen LogP contribution in [0.3, 0.4) is 0 Å². The fourth-order valence-electron chi connectivity index (χ4n) is 1.21. The summed E-state index contributed by atoms with van der Waals surface area (Å²) >= 11 is 0. The average molecular weight is 245 g/mol. The molecule has 0 radical (unpaired) electrons. The summed E-state index contributed by atoms with van der Waals surface area (Å²) in [5.74, 6) is 2.50. The number of carbonyl (C=O) groups excluding carboxylic acids is 1. The van der Waals surface area contributed by atoms with Crippen molar-refractivity contribution in [2.75, 3.05) is 25.7 Å². The Morgan fingerprint density at radius 3 is 2.47 bits per heavy atom. The van der Waals surface area contributed by atoms with Gasteiger partial charge in [-0.25, -0.2) is 8.78 Å². The number of amides is 1. The molecule has 0 aliphatic rings. The Labute approximate surface area is 96.9 Å². The molecule has 0 saturated carbocycles. The second kappa shape index (κ2) is 6.12. The van der Waals surface area contributed by atoms with Gasteiger partial charge in [-0.1, -0.05) is 0 Å². The minimum absolute atomic E-state index is 0.116. The molecule has 7 heteroatoms. The number of anilines is 1. The van der Waals surface area contributed by atoms with Crippen molar-refractivity contribution in [1.82, 2.24) is 5.32 Å². The maximum Gasteiger partial charge on any atom is 0.251 e. The van der Waals surface area contributed by atoms with E-state index in [4.69, 9.17) is 10.6 Å². The molecule has 0 fully saturated rings. The summed E-state index contributed by atoms with van der Waals surface area (Å²) < 4.78 is 31.3. The minimum Gasteiger partial charge on any atom is -0.383 e. The predicted molar refractivity (Wildman–Crippen MR) is 58.4 cm³/mol. The zero-order valence-corrected chi connectivity index (χ0v) is 9.22. The monoisotopic (exact) mass is 245 g/mol. The summed E-state index contributed by atoms with van der Waals surface area (Å²) in [5.41, 5.74) is 1.29. The topological polar surface area (TPSA) is 76.4 Å². The SMILES string of the molecule is COCCNC(=O)c1cc(F)c(NN)c(F)c1. The number of hydrazine groups is 1. The number of nitrogen functional groups attached to an aromatic ring is 1. The summed E-state index contributed by atoms with van der Waals surface area (Å²) in [6.45, 7) is 0.578. The highest BCUT2D eigenvalue weighted by molar-refractivity contribution is 5.94. The van der Waals surface area contributed by atoms with Gasteiger partial charge in [0.2, 0.25) is 0 Å². The molecular formula is C10H13F2N3O2. The predicted octanol–water partition coefficient (Wildman–Crippen LogP) is 0.627. The number of hydrogen-bond donors (Lipinski definition) is 3. The van der Waals surface area contributed by atoms with Gasteiger partial charge in [-0.05, 0) is 12.1 Å². The van der Waals surface area contributed by atoms with E-state index in [-0.39, 0.29) is 12.1 Å². The van der Waals surface area contributed by atoms with Gasteiger partial charge in [-0.3, -0.25) is 10.6 Å². The smallest absolute Gasteiger partial charge is 0.251 e. The molecule has 1 amide bonds. The average Bonchev–Trinajstić information content (AvgIpc) is 2.28. The summed E-state index contributed by atoms with van der Waals surface area (Å²) in [6, 6.07) is 1.81. The number of methoxy groups -OCH3 is 1. The van der Waals surface area contributed by atoms with Crippen LogP contribution in [0.2, 0.25) is 0 Å². The molecule has 0 atom stereocenters. The van der Waals surface area contributed by atoms with Gasteiger partial charge in [0.1, 0.15) is 5.69 Å². The van der Waals surface area contributed by atoms with Crippen molar-refractivity contribution in [2.45, 2.75) is 0 Å². The van der Waals surface area contributed by atoms with Crippen molar-refractivity contribution in [1.29, 1.82) is 0 Å². The van der Waals surface area contributed by atoms with Gasteiger partial charge in [-0.2, -0.15) is 0 Å². The molecule has 0 spiro atoms. The third-order valence-electron chi connectivity index (χ3n) is 2.04. The first-order valence-corrected chi connectivity index (χ1v) is 4.83. The standard InChI is InChI=1S/C10H13F2N3O2/c1-17-3-2-14-10(16)6-4-7(11)9(15-13)8(12)5-6/h4-5,15H,2-3,13H2,1H3,(H,14,16). The number of rotatable bonds is 5. The largest absolute Gasteiger partial charge is 0.383 e. The van der Waals surface area contributed by atoms with Crippen LogP contribution in [0.15, 0.2) is 12.1 Å². The molecule has 5 nitrogen and oxygen atoms in total. The molecule has 1 aromatic carbocycles. The number of nitrogens with two attached hydrogens (primary N) is 1. The first kappa shape index (κ1) is 13.3. The molecule has 1 rings (SSSR count). The van der Waals surface area contributed by atoms with Gasteiger partial charge >= 0.3 is 0 Å². The molecule has 0 heterocycles. The highest BCUT2D eigenvalue weighted by Crippen LogP contribution is 2.19. The van der Waals surface area contributed by atoms with E-state index >= 15 is 0 Å². The molecular weight excluding hydrogens is 232 g/mol. The lowest BCUT2D eigenvalue weighted by molar-refractivity contribution is 0.0936. The molecule has 1 aromatic rings. The highest BCUT2D eigenvalue weighted by atomic mass is 19.1. The van der Waals surface area contributed by atoms with E-state index < -0.39 is 23.2 Å². The van der Waals surface area contributed by atoms with Crippen molar-refractivity contribution in [2.24, 2.45) is 5.84 Å². The number of carbonyl (C=O) groups is 1. The molecule has 0 saturated heterocycles. The van der Waals surface area contributed by atoms with E-state index in [0.717, 1.165) is 12.1 Å². The van der Waals surface area contributed by atoms with Crippen molar-refractivity contribution in [3.63, 3.8) is 0 Å². The van der Waals surface area contributed by atoms with Gasteiger partial charge in [0, 0.05) is 19.2 Å². The lowest BCUT2D eigenvalue weighted by atomic mass is 10.1. The van der Waals surface area contributed by atoms with Gasteiger partial charge in [0.15, 0.2) is 11.6 Å². The molecule has 0 aromatic heterocycles. The molecule has 17 heavy (non-hydrogen) atoms. The van der Waals surface area contributed by atoms with Crippen LogP contribution >= 0.6 is 0 Å². The van der Waals surface area contributed by atoms with E-state index in [1.54, 1.807) is 0 Å². The Kier molecular flexibility index (Phi) is 4.80. The molecule has 94 valence electrons. The zero-order chi connectivity index (χ0) is 12.8. The Morgan fingerprint density at radius 2 is 2.00 bits per heavy atom. The van der Waals surface area contributed by atoms with E-state index in [2.05, 4.69) is 5.32 Å². The van der Waals surface area contributed by atoms with Crippen molar-refractivity contribution < 1.29 is 18.3 Å². The van der Waals surface area contributed by atoms with Crippen molar-refractivity contribution >= 4 is 11.6 Å². The van der Waals surface area contributed by atoms with Crippen LogP contribution in [0, 0.1) is 11.6 Å². The first-order chi connectivity index (χ1) is 8.10. The van der Waals surface area contributed by atoms with Crippen LogP contribution in [0.25, 0.3) is 0 Å². The normalized spacial score (nSPS) is 10.1. The lowest BCUT2D eigenvalue weighted by Gasteiger charge is -2.08. The number of hydrogen-bond acceptors (Lipinski definition) is 4. The molecule has 0 aliphatic heterocycles. The molecule has 0 unspecified atom stereocenters. The van der Waals surface area contributed by atoms with Gasteiger partial charge in [0.25, 0.3) is 5.91 Å². The number of ether oxygens (including phenoxy) is 1. The Balaban J connectivity index is 2.81. The maximum atomic E-state index is 13.3. The fraction of sp³-hybridized carbons (Fsp3) is 0.300. The summed E-state index contributed by atoms with van der Waals surface area (Å²) in [6.07, 6.45) is 0. The highest BCUT2D eigenvalue weighted by Gasteiger charge is 2.14. The fourth-order valence-corrected chi connectivity index (χ4v) is 1.21. The van der Waals surface area contributed by atoms with Crippen LogP contribution in [-0.4, -0.2) is 26.2 Å². The van der Waals surface area contributed by atoms with E-state index in [0.29, 0.717) is 6.61 Å². The van der Waals surface area contributed by atoms with Gasteiger partial charge in [0.05, 0.1) is 6.61 Å². The Hall–Kier alpha value is -1.73. The van der Waals surface area contributed by atoms with E-state index in [1.165, 1.54) is 7.11 Å². The quantitative estimate of drug-likeness (QED) is 0.404. The van der Waals surface area contributed by atoms with Gasteiger partial charge in [-0.15, -0.1) is 0 Å². The van der Waals surface area contributed by atoms with Crippen molar-refractivity contribution in [3.05, 3.63) is 29.3 Å². The number of nitrogens with one attached hydrogen (secondary N) is 2.